The molecular formula is C11H17NO. The summed E-state index contributed by atoms with van der Waals surface area (Å²) in [6.45, 7) is 0.928. The van der Waals surface area contributed by atoms with Crippen molar-refractivity contribution in [1.29, 1.82) is 0 Å². The van der Waals surface area contributed by atoms with Gasteiger partial charge in [-0.2, -0.15) is 0 Å². The van der Waals surface area contributed by atoms with E-state index >= 15 is 0 Å². The van der Waals surface area contributed by atoms with Crippen LogP contribution in [0.2, 0.25) is 0 Å². The van der Waals surface area contributed by atoms with E-state index < -0.39 is 0 Å². The Labute approximate surface area is 79.6 Å². The number of allylic oxidation sites excluding steroid dienone is 2. The molecule has 0 spiro atoms. The lowest BCUT2D eigenvalue weighted by molar-refractivity contribution is -0.116. The Morgan fingerprint density at radius 3 is 2.69 bits per heavy atom. The van der Waals surface area contributed by atoms with Crippen molar-refractivity contribution in [3.63, 3.8) is 0 Å². The van der Waals surface area contributed by atoms with Gasteiger partial charge in [0.05, 0.1) is 0 Å². The minimum Gasteiger partial charge on any atom is -0.377 e. The fraction of sp³-hybridized carbons (Fsp3) is 0.727. The van der Waals surface area contributed by atoms with E-state index in [1.165, 1.54) is 25.0 Å². The van der Waals surface area contributed by atoms with Gasteiger partial charge in [-0.3, -0.25) is 4.79 Å². The number of nitrogens with zero attached hydrogens (tertiary/aromatic N) is 1. The quantitative estimate of drug-likeness (QED) is 0.567. The monoisotopic (exact) mass is 179 g/mol. The fourth-order valence-corrected chi connectivity index (χ4v) is 2.34. The molecule has 0 radical (unpaired) electrons. The van der Waals surface area contributed by atoms with Crippen LogP contribution in [0.25, 0.3) is 0 Å². The van der Waals surface area contributed by atoms with Crippen molar-refractivity contribution < 1.29 is 4.79 Å². The first-order valence-electron chi connectivity index (χ1n) is 5.25. The van der Waals surface area contributed by atoms with E-state index in [4.69, 9.17) is 0 Å². The topological polar surface area (TPSA) is 20.3 Å². The molecule has 0 bridgehead atoms. The highest BCUT2D eigenvalue weighted by atomic mass is 16.1. The van der Waals surface area contributed by atoms with E-state index in [0.717, 1.165) is 31.4 Å². The average molecular weight is 179 g/mol. The van der Waals surface area contributed by atoms with Gasteiger partial charge in [0, 0.05) is 31.3 Å². The molecule has 2 nitrogen and oxygen atoms in total. The molecule has 0 saturated carbocycles. The van der Waals surface area contributed by atoms with Gasteiger partial charge < -0.3 is 4.90 Å². The second kappa shape index (κ2) is 3.52. The van der Waals surface area contributed by atoms with Crippen molar-refractivity contribution >= 4 is 5.78 Å². The van der Waals surface area contributed by atoms with Crippen LogP contribution in [0.1, 0.15) is 38.5 Å². The van der Waals surface area contributed by atoms with Gasteiger partial charge in [0.15, 0.2) is 5.78 Å². The van der Waals surface area contributed by atoms with E-state index in [9.17, 15) is 4.79 Å². The van der Waals surface area contributed by atoms with Crippen LogP contribution in [0.15, 0.2) is 11.3 Å². The maximum Gasteiger partial charge on any atom is 0.162 e. The molecule has 2 rings (SSSR count). The second-order valence-corrected chi connectivity index (χ2v) is 4.08. The minimum atomic E-state index is 0.412. The van der Waals surface area contributed by atoms with E-state index in [-0.39, 0.29) is 0 Å². The Hall–Kier alpha value is -0.790. The van der Waals surface area contributed by atoms with Crippen LogP contribution < -0.4 is 0 Å². The number of Topliss-reactive ketones (excluding diaryl/α,β-unsaturated/α-hetero) is 1. The SMILES string of the molecule is CN1CCC(=O)C2=C1CCCCC2. The van der Waals surface area contributed by atoms with E-state index in [0.29, 0.717) is 5.78 Å². The van der Waals surface area contributed by atoms with Crippen LogP contribution in [-0.2, 0) is 4.79 Å². The van der Waals surface area contributed by atoms with Gasteiger partial charge in [-0.05, 0) is 25.7 Å². The molecule has 0 amide bonds. The van der Waals surface area contributed by atoms with Gasteiger partial charge in [0.1, 0.15) is 0 Å². The lowest BCUT2D eigenvalue weighted by Gasteiger charge is -2.28. The van der Waals surface area contributed by atoms with E-state index in [1.807, 2.05) is 0 Å². The Morgan fingerprint density at radius 2 is 1.85 bits per heavy atom. The molecule has 72 valence electrons. The van der Waals surface area contributed by atoms with Gasteiger partial charge in [-0.15, -0.1) is 0 Å². The number of ketones is 1. The number of hydrogen-bond acceptors (Lipinski definition) is 2. The van der Waals surface area contributed by atoms with Gasteiger partial charge in [-0.25, -0.2) is 0 Å². The number of carbonyl (C=O) groups excluding carboxylic acids is 1. The summed E-state index contributed by atoms with van der Waals surface area (Å²) in [5.74, 6) is 0.412. The molecule has 1 aliphatic carbocycles. The van der Waals surface area contributed by atoms with Crippen molar-refractivity contribution in [2.75, 3.05) is 13.6 Å². The molecule has 0 aromatic heterocycles. The van der Waals surface area contributed by atoms with Gasteiger partial charge in [0.2, 0.25) is 0 Å². The molecule has 2 heteroatoms. The summed E-state index contributed by atoms with van der Waals surface area (Å²) in [4.78, 5) is 13.9. The van der Waals surface area contributed by atoms with Crippen LogP contribution in [0.4, 0.5) is 0 Å². The van der Waals surface area contributed by atoms with Crippen molar-refractivity contribution in [3.05, 3.63) is 11.3 Å². The minimum absolute atomic E-state index is 0.412. The maximum absolute atomic E-state index is 11.6. The molecule has 0 aromatic rings. The molecule has 0 atom stereocenters. The number of rotatable bonds is 0. The maximum atomic E-state index is 11.6. The number of hydrogen-bond donors (Lipinski definition) is 0. The highest BCUT2D eigenvalue weighted by Gasteiger charge is 2.24. The zero-order chi connectivity index (χ0) is 9.26. The third-order valence-electron chi connectivity index (χ3n) is 3.16. The third kappa shape index (κ3) is 1.62. The molecule has 13 heavy (non-hydrogen) atoms. The van der Waals surface area contributed by atoms with Crippen molar-refractivity contribution in [1.82, 2.24) is 4.90 Å². The predicted octanol–water partition coefficient (Wildman–Crippen LogP) is 2.11. The lowest BCUT2D eigenvalue weighted by Crippen LogP contribution is -2.29. The standard InChI is InChI=1S/C11H17NO/c1-12-8-7-11(13)9-5-3-2-4-6-10(9)12/h2-8H2,1H3. The summed E-state index contributed by atoms with van der Waals surface area (Å²) in [6, 6.07) is 0. The molecule has 0 aromatic carbocycles. The van der Waals surface area contributed by atoms with Crippen LogP contribution in [0.3, 0.4) is 0 Å². The largest absolute Gasteiger partial charge is 0.377 e. The van der Waals surface area contributed by atoms with Crippen molar-refractivity contribution in [2.24, 2.45) is 0 Å². The van der Waals surface area contributed by atoms with Gasteiger partial charge in [-0.1, -0.05) is 6.42 Å². The predicted molar refractivity (Wildman–Crippen MR) is 52.4 cm³/mol. The van der Waals surface area contributed by atoms with Gasteiger partial charge >= 0.3 is 0 Å². The average Bonchev–Trinajstić information content (AvgIpc) is 2.37. The second-order valence-electron chi connectivity index (χ2n) is 4.08. The van der Waals surface area contributed by atoms with Crippen molar-refractivity contribution in [2.45, 2.75) is 38.5 Å². The van der Waals surface area contributed by atoms with Crippen LogP contribution >= 0.6 is 0 Å². The Bertz CT molecular complexity index is 255. The zero-order valence-electron chi connectivity index (χ0n) is 8.31. The van der Waals surface area contributed by atoms with E-state index in [1.54, 1.807) is 0 Å². The Morgan fingerprint density at radius 1 is 1.08 bits per heavy atom. The van der Waals surface area contributed by atoms with Crippen LogP contribution in [-0.4, -0.2) is 24.3 Å². The highest BCUT2D eigenvalue weighted by molar-refractivity contribution is 5.96. The normalized spacial score (nSPS) is 24.4. The third-order valence-corrected chi connectivity index (χ3v) is 3.16. The smallest absolute Gasteiger partial charge is 0.162 e. The molecule has 1 heterocycles. The summed E-state index contributed by atoms with van der Waals surface area (Å²) >= 11 is 0. The zero-order valence-corrected chi connectivity index (χ0v) is 8.31. The highest BCUT2D eigenvalue weighted by Crippen LogP contribution is 2.29. The first-order chi connectivity index (χ1) is 6.29. The summed E-state index contributed by atoms with van der Waals surface area (Å²) in [6.07, 6.45) is 6.63. The molecule has 0 N–H and O–H groups in total. The molecule has 1 aliphatic heterocycles. The van der Waals surface area contributed by atoms with Crippen LogP contribution in [0, 0.1) is 0 Å². The first kappa shape index (κ1) is 8.79. The summed E-state index contributed by atoms with van der Waals surface area (Å²) < 4.78 is 0. The molecule has 2 aliphatic rings. The molecule has 0 unspecified atom stereocenters. The molecular weight excluding hydrogens is 162 g/mol. The molecule has 0 saturated heterocycles. The molecule has 0 fully saturated rings. The Kier molecular flexibility index (Phi) is 2.38. The summed E-state index contributed by atoms with van der Waals surface area (Å²) in [5.41, 5.74) is 2.49. The lowest BCUT2D eigenvalue weighted by atomic mass is 9.97. The number of carbonyl (C=O) groups is 1. The summed E-state index contributed by atoms with van der Waals surface area (Å²) in [7, 11) is 2.12. The van der Waals surface area contributed by atoms with E-state index in [2.05, 4.69) is 11.9 Å². The Balaban J connectivity index is 2.30. The fourth-order valence-electron chi connectivity index (χ4n) is 2.34. The van der Waals surface area contributed by atoms with Crippen LogP contribution in [0.5, 0.6) is 0 Å². The first-order valence-corrected chi connectivity index (χ1v) is 5.25. The van der Waals surface area contributed by atoms with Crippen molar-refractivity contribution in [3.8, 4) is 0 Å². The summed E-state index contributed by atoms with van der Waals surface area (Å²) in [5, 5.41) is 0. The van der Waals surface area contributed by atoms with Gasteiger partial charge in [0.25, 0.3) is 0 Å².